The van der Waals surface area contributed by atoms with Gasteiger partial charge in [0.15, 0.2) is 11.5 Å². The van der Waals surface area contributed by atoms with E-state index in [0.29, 0.717) is 5.75 Å². The van der Waals surface area contributed by atoms with Crippen LogP contribution in [0.25, 0.3) is 22.3 Å². The predicted octanol–water partition coefficient (Wildman–Crippen LogP) is 4.53. The van der Waals surface area contributed by atoms with Crippen molar-refractivity contribution in [3.8, 4) is 33.9 Å². The topological polar surface area (TPSA) is 80.8 Å². The fourth-order valence-electron chi connectivity index (χ4n) is 2.73. The smallest absolute Gasteiger partial charge is 0.269 e. The van der Waals surface area contributed by atoms with Gasteiger partial charge in [0.05, 0.1) is 0 Å². The van der Waals surface area contributed by atoms with E-state index in [0.717, 1.165) is 22.3 Å². The van der Waals surface area contributed by atoms with E-state index in [1.54, 1.807) is 6.20 Å². The average molecular weight is 356 g/mol. The fraction of sp³-hybridized carbons (Fsp3) is 0.0476. The Morgan fingerprint density at radius 1 is 0.889 bits per heavy atom. The second-order valence-corrected chi connectivity index (χ2v) is 5.99. The number of pyridine rings is 1. The van der Waals surface area contributed by atoms with E-state index in [1.165, 1.54) is 6.92 Å². The van der Waals surface area contributed by atoms with Gasteiger partial charge in [0.25, 0.3) is 5.88 Å². The molecule has 2 aromatic heterocycles. The summed E-state index contributed by atoms with van der Waals surface area (Å²) in [4.78, 5) is 15.6. The van der Waals surface area contributed by atoms with E-state index in [1.807, 2.05) is 42.6 Å². The number of carbonyl (C=O) groups is 1. The molecule has 0 fully saturated rings. The minimum Gasteiger partial charge on any atom is -0.436 e. The molecule has 0 unspecified atom stereocenters. The summed E-state index contributed by atoms with van der Waals surface area (Å²) in [6.07, 6.45) is 3.61. The number of hydrogen-bond acceptors (Lipinski definition) is 5. The quantitative estimate of drug-likeness (QED) is 0.531. The van der Waals surface area contributed by atoms with Gasteiger partial charge in [0, 0.05) is 19.3 Å². The van der Waals surface area contributed by atoms with Gasteiger partial charge in [-0.2, -0.15) is 0 Å². The molecule has 2 heterocycles. The van der Waals surface area contributed by atoms with Gasteiger partial charge in [0.1, 0.15) is 5.75 Å². The van der Waals surface area contributed by atoms with Crippen molar-refractivity contribution in [1.82, 2.24) is 20.4 Å². The van der Waals surface area contributed by atoms with Crippen LogP contribution in [0.5, 0.6) is 11.6 Å². The van der Waals surface area contributed by atoms with E-state index >= 15 is 0 Å². The number of carbonyl (C=O) groups excluding carboxylic acids is 1. The van der Waals surface area contributed by atoms with E-state index in [4.69, 9.17) is 4.74 Å². The molecule has 2 aromatic carbocycles. The zero-order valence-electron chi connectivity index (χ0n) is 14.6. The number of nitrogens with zero attached hydrogens (tertiary/aromatic N) is 3. The van der Waals surface area contributed by atoms with Crippen LogP contribution in [0, 0.1) is 0 Å². The summed E-state index contributed by atoms with van der Waals surface area (Å²) >= 11 is 0. The molecule has 0 atom stereocenters. The van der Waals surface area contributed by atoms with Crippen molar-refractivity contribution in [2.75, 3.05) is 0 Å². The molecule has 0 spiro atoms. The largest absolute Gasteiger partial charge is 0.436 e. The van der Waals surface area contributed by atoms with Gasteiger partial charge < -0.3 is 4.74 Å². The minimum atomic E-state index is -0.180. The molecule has 0 saturated heterocycles. The molecule has 0 aliphatic carbocycles. The molecule has 27 heavy (non-hydrogen) atoms. The molecule has 4 aromatic rings. The first-order valence-electron chi connectivity index (χ1n) is 8.41. The van der Waals surface area contributed by atoms with Gasteiger partial charge >= 0.3 is 0 Å². The highest BCUT2D eigenvalue weighted by Crippen LogP contribution is 2.28. The normalized spacial score (nSPS) is 10.6. The van der Waals surface area contributed by atoms with Crippen molar-refractivity contribution in [1.29, 1.82) is 0 Å². The van der Waals surface area contributed by atoms with Crippen molar-refractivity contribution < 1.29 is 9.53 Å². The lowest BCUT2D eigenvalue weighted by atomic mass is 10.0. The Bertz CT molecular complexity index is 1060. The summed E-state index contributed by atoms with van der Waals surface area (Å²) in [6.45, 7) is 1.43. The number of aromatic amines is 1. The van der Waals surface area contributed by atoms with Crippen molar-refractivity contribution in [2.45, 2.75) is 6.92 Å². The van der Waals surface area contributed by atoms with Crippen LogP contribution in [0.3, 0.4) is 0 Å². The van der Waals surface area contributed by atoms with Gasteiger partial charge in [-0.3, -0.25) is 14.9 Å². The predicted molar refractivity (Wildman–Crippen MR) is 102 cm³/mol. The number of nitrogens with one attached hydrogen (secondary N) is 1. The van der Waals surface area contributed by atoms with Gasteiger partial charge in [-0.15, -0.1) is 0 Å². The third-order valence-electron chi connectivity index (χ3n) is 4.15. The van der Waals surface area contributed by atoms with Crippen LogP contribution >= 0.6 is 0 Å². The van der Waals surface area contributed by atoms with E-state index in [-0.39, 0.29) is 17.4 Å². The Labute approximate surface area is 155 Å². The van der Waals surface area contributed by atoms with Crippen LogP contribution < -0.4 is 4.74 Å². The summed E-state index contributed by atoms with van der Waals surface area (Å²) < 4.78 is 5.65. The second-order valence-electron chi connectivity index (χ2n) is 5.99. The summed E-state index contributed by atoms with van der Waals surface area (Å²) in [5.74, 6) is 0.582. The first kappa shape index (κ1) is 16.7. The van der Waals surface area contributed by atoms with Crippen LogP contribution in [0.15, 0.2) is 73.1 Å². The van der Waals surface area contributed by atoms with Crippen LogP contribution in [-0.2, 0) is 0 Å². The monoisotopic (exact) mass is 356 g/mol. The number of ketones is 1. The van der Waals surface area contributed by atoms with Crippen LogP contribution in [0.1, 0.15) is 17.4 Å². The number of hydrogen-bond donors (Lipinski definition) is 1. The van der Waals surface area contributed by atoms with Gasteiger partial charge in [-0.1, -0.05) is 52.8 Å². The molecule has 4 rings (SSSR count). The minimum absolute atomic E-state index is 0.177. The third-order valence-corrected chi connectivity index (χ3v) is 4.15. The average Bonchev–Trinajstić information content (AvgIpc) is 3.18. The number of rotatable bonds is 5. The summed E-state index contributed by atoms with van der Waals surface area (Å²) in [5, 5.41) is 9.95. The molecular formula is C21H16N4O2. The summed E-state index contributed by atoms with van der Waals surface area (Å²) in [6, 6.07) is 19.8. The van der Waals surface area contributed by atoms with Gasteiger partial charge in [-0.05, 0) is 40.5 Å². The highest BCUT2D eigenvalue weighted by molar-refractivity contribution is 5.94. The molecule has 6 nitrogen and oxygen atoms in total. The number of benzene rings is 2. The lowest BCUT2D eigenvalue weighted by Crippen LogP contribution is -1.96. The maximum atomic E-state index is 11.5. The Kier molecular flexibility index (Phi) is 4.45. The lowest BCUT2D eigenvalue weighted by molar-refractivity contribution is 0.101. The van der Waals surface area contributed by atoms with E-state index in [2.05, 4.69) is 44.7 Å². The van der Waals surface area contributed by atoms with E-state index < -0.39 is 0 Å². The highest BCUT2D eigenvalue weighted by Gasteiger charge is 2.13. The molecule has 0 amide bonds. The number of Topliss-reactive ketones (excluding diaryl/α,β-unsaturated/α-hetero) is 1. The molecule has 1 N–H and O–H groups in total. The maximum Gasteiger partial charge on any atom is 0.269 e. The van der Waals surface area contributed by atoms with Crippen molar-refractivity contribution in [2.24, 2.45) is 0 Å². The van der Waals surface area contributed by atoms with Crippen molar-refractivity contribution in [3.05, 3.63) is 78.8 Å². The maximum absolute atomic E-state index is 11.5. The van der Waals surface area contributed by atoms with Crippen molar-refractivity contribution >= 4 is 5.78 Å². The number of ether oxygens (including phenoxy) is 1. The standard InChI is InChI=1S/C21H16N4O2/c1-14(26)20-21(24-25-23-20)27-19-10-8-16(9-11-19)15-4-6-17(7-5-15)18-3-2-12-22-13-18/h2-13H,1H3,(H,23,24,25). The van der Waals surface area contributed by atoms with Crippen molar-refractivity contribution in [3.63, 3.8) is 0 Å². The Balaban J connectivity index is 1.52. The van der Waals surface area contributed by atoms with E-state index in [9.17, 15) is 4.79 Å². The zero-order valence-corrected chi connectivity index (χ0v) is 14.6. The molecular weight excluding hydrogens is 340 g/mol. The molecule has 0 aliphatic rings. The number of aromatic nitrogens is 4. The Morgan fingerprint density at radius 3 is 2.11 bits per heavy atom. The van der Waals surface area contributed by atoms with Gasteiger partial charge in [-0.25, -0.2) is 0 Å². The molecule has 6 heteroatoms. The zero-order chi connectivity index (χ0) is 18.6. The molecule has 0 saturated carbocycles. The SMILES string of the molecule is CC(=O)c1[nH]nnc1Oc1ccc(-c2ccc(-c3cccnc3)cc2)cc1. The van der Waals surface area contributed by atoms with Crippen LogP contribution in [0.2, 0.25) is 0 Å². The van der Waals surface area contributed by atoms with Crippen LogP contribution in [0.4, 0.5) is 0 Å². The van der Waals surface area contributed by atoms with Gasteiger partial charge in [0.2, 0.25) is 0 Å². The fourth-order valence-corrected chi connectivity index (χ4v) is 2.73. The second kappa shape index (κ2) is 7.21. The Hall–Kier alpha value is -3.80. The molecule has 0 radical (unpaired) electrons. The Morgan fingerprint density at radius 2 is 1.52 bits per heavy atom. The summed E-state index contributed by atoms with van der Waals surface area (Å²) in [7, 11) is 0. The first-order valence-corrected chi connectivity index (χ1v) is 8.41. The summed E-state index contributed by atoms with van der Waals surface area (Å²) in [5.41, 5.74) is 4.62. The lowest BCUT2D eigenvalue weighted by Gasteiger charge is -2.07. The highest BCUT2D eigenvalue weighted by atomic mass is 16.5. The third kappa shape index (κ3) is 3.59. The molecule has 0 bridgehead atoms. The number of H-pyrrole nitrogens is 1. The molecule has 0 aliphatic heterocycles. The first-order chi connectivity index (χ1) is 13.2. The molecule has 132 valence electrons. The van der Waals surface area contributed by atoms with Crippen LogP contribution in [-0.4, -0.2) is 26.2 Å².